The summed E-state index contributed by atoms with van der Waals surface area (Å²) in [6.45, 7) is 6.59. The van der Waals surface area contributed by atoms with Gasteiger partial charge in [0.25, 0.3) is 0 Å². The zero-order chi connectivity index (χ0) is 12.5. The molecule has 94 valence electrons. The summed E-state index contributed by atoms with van der Waals surface area (Å²) < 4.78 is 0. The van der Waals surface area contributed by atoms with Crippen LogP contribution in [0.2, 0.25) is 0 Å². The van der Waals surface area contributed by atoms with Crippen LogP contribution in [0.3, 0.4) is 0 Å². The number of fused-ring (bicyclic) bond motifs is 1. The van der Waals surface area contributed by atoms with Gasteiger partial charge in [0.2, 0.25) is 0 Å². The Morgan fingerprint density at radius 1 is 1.17 bits per heavy atom. The first-order chi connectivity index (χ1) is 8.74. The highest BCUT2D eigenvalue weighted by atomic mass is 15.2. The van der Waals surface area contributed by atoms with Gasteiger partial charge in [-0.2, -0.15) is 0 Å². The van der Waals surface area contributed by atoms with Gasteiger partial charge in [0, 0.05) is 48.6 Å². The zero-order valence-electron chi connectivity index (χ0n) is 10.9. The van der Waals surface area contributed by atoms with Gasteiger partial charge in [-0.25, -0.2) is 0 Å². The molecule has 3 rings (SSSR count). The average molecular weight is 241 g/mol. The third-order valence-electron chi connectivity index (χ3n) is 3.56. The van der Waals surface area contributed by atoms with Crippen molar-refractivity contribution < 1.29 is 0 Å². The van der Waals surface area contributed by atoms with E-state index in [4.69, 9.17) is 0 Å². The lowest BCUT2D eigenvalue weighted by molar-refractivity contribution is 0.407. The summed E-state index contributed by atoms with van der Waals surface area (Å²) in [5.41, 5.74) is 1.31. The van der Waals surface area contributed by atoms with Gasteiger partial charge in [-0.3, -0.25) is 4.98 Å². The molecule has 0 spiro atoms. The minimum absolute atomic E-state index is 0.528. The first kappa shape index (κ1) is 11.5. The minimum atomic E-state index is 0.528. The van der Waals surface area contributed by atoms with E-state index in [1.54, 1.807) is 0 Å². The molecule has 0 radical (unpaired) electrons. The van der Waals surface area contributed by atoms with Crippen LogP contribution in [0.25, 0.3) is 10.8 Å². The monoisotopic (exact) mass is 241 g/mol. The van der Waals surface area contributed by atoms with Crippen molar-refractivity contribution in [2.45, 2.75) is 25.9 Å². The van der Waals surface area contributed by atoms with E-state index >= 15 is 0 Å². The van der Waals surface area contributed by atoms with Crippen molar-refractivity contribution in [1.29, 1.82) is 0 Å². The van der Waals surface area contributed by atoms with E-state index in [1.165, 1.54) is 16.5 Å². The Hall–Kier alpha value is -1.61. The van der Waals surface area contributed by atoms with Crippen molar-refractivity contribution in [2.24, 2.45) is 0 Å². The maximum absolute atomic E-state index is 4.26. The molecule has 0 amide bonds. The van der Waals surface area contributed by atoms with E-state index in [0.29, 0.717) is 12.1 Å². The first-order valence-electron chi connectivity index (χ1n) is 6.58. The van der Waals surface area contributed by atoms with Gasteiger partial charge in [-0.1, -0.05) is 12.1 Å². The van der Waals surface area contributed by atoms with Crippen molar-refractivity contribution in [2.75, 3.05) is 18.0 Å². The van der Waals surface area contributed by atoms with Crippen LogP contribution in [0.15, 0.2) is 36.7 Å². The summed E-state index contributed by atoms with van der Waals surface area (Å²) in [7, 11) is 0. The summed E-state index contributed by atoms with van der Waals surface area (Å²) in [4.78, 5) is 6.73. The van der Waals surface area contributed by atoms with Crippen LogP contribution >= 0.6 is 0 Å². The van der Waals surface area contributed by atoms with Gasteiger partial charge in [-0.05, 0) is 31.4 Å². The van der Waals surface area contributed by atoms with Gasteiger partial charge in [0.15, 0.2) is 0 Å². The normalized spacial score (nSPS) is 24.4. The molecule has 0 bridgehead atoms. The highest BCUT2D eigenvalue weighted by molar-refractivity contribution is 5.93. The highest BCUT2D eigenvalue weighted by Crippen LogP contribution is 2.27. The van der Waals surface area contributed by atoms with Gasteiger partial charge in [-0.15, -0.1) is 0 Å². The largest absolute Gasteiger partial charge is 0.368 e. The number of aromatic nitrogens is 1. The number of nitrogens with zero attached hydrogens (tertiary/aromatic N) is 2. The Kier molecular flexibility index (Phi) is 2.92. The van der Waals surface area contributed by atoms with Crippen LogP contribution in [-0.4, -0.2) is 30.2 Å². The van der Waals surface area contributed by atoms with Crippen LogP contribution in [-0.2, 0) is 0 Å². The van der Waals surface area contributed by atoms with E-state index in [9.17, 15) is 0 Å². The van der Waals surface area contributed by atoms with Crippen LogP contribution in [0.5, 0.6) is 0 Å². The van der Waals surface area contributed by atoms with E-state index in [2.05, 4.69) is 53.3 Å². The standard InChI is InChI=1S/C15H19N3/c1-11-9-18(10-12(2)17-11)15-5-3-4-13-6-7-16-8-14(13)15/h3-8,11-12,17H,9-10H2,1-2H3. The molecule has 1 aliphatic rings. The molecule has 1 saturated heterocycles. The van der Waals surface area contributed by atoms with Crippen molar-refractivity contribution in [3.8, 4) is 0 Å². The number of nitrogens with one attached hydrogen (secondary N) is 1. The maximum atomic E-state index is 4.26. The molecule has 2 aromatic rings. The summed E-state index contributed by atoms with van der Waals surface area (Å²) in [5.74, 6) is 0. The lowest BCUT2D eigenvalue weighted by Crippen LogP contribution is -2.54. The van der Waals surface area contributed by atoms with Crippen molar-refractivity contribution in [1.82, 2.24) is 10.3 Å². The number of pyridine rings is 1. The first-order valence-corrected chi connectivity index (χ1v) is 6.58. The van der Waals surface area contributed by atoms with Crippen LogP contribution in [0, 0.1) is 0 Å². The predicted octanol–water partition coefficient (Wildman–Crippen LogP) is 2.42. The predicted molar refractivity (Wildman–Crippen MR) is 76.0 cm³/mol. The quantitative estimate of drug-likeness (QED) is 0.831. The smallest absolute Gasteiger partial charge is 0.0462 e. The molecule has 3 heteroatoms. The maximum Gasteiger partial charge on any atom is 0.0462 e. The number of piperazine rings is 1. The number of hydrogen-bond acceptors (Lipinski definition) is 3. The van der Waals surface area contributed by atoms with E-state index in [0.717, 1.165) is 13.1 Å². The van der Waals surface area contributed by atoms with E-state index in [-0.39, 0.29) is 0 Å². The minimum Gasteiger partial charge on any atom is -0.368 e. The molecule has 2 heterocycles. The molecule has 1 aliphatic heterocycles. The van der Waals surface area contributed by atoms with Gasteiger partial charge in [0.05, 0.1) is 0 Å². The molecule has 2 atom stereocenters. The van der Waals surface area contributed by atoms with Gasteiger partial charge in [0.1, 0.15) is 0 Å². The van der Waals surface area contributed by atoms with E-state index in [1.807, 2.05) is 12.4 Å². The van der Waals surface area contributed by atoms with Gasteiger partial charge >= 0.3 is 0 Å². The Morgan fingerprint density at radius 2 is 1.94 bits per heavy atom. The Labute approximate surface area is 108 Å². The fraction of sp³-hybridized carbons (Fsp3) is 0.400. The van der Waals surface area contributed by atoms with Crippen LogP contribution in [0.4, 0.5) is 5.69 Å². The number of hydrogen-bond donors (Lipinski definition) is 1. The number of benzene rings is 1. The Morgan fingerprint density at radius 3 is 2.72 bits per heavy atom. The van der Waals surface area contributed by atoms with Crippen molar-refractivity contribution in [3.63, 3.8) is 0 Å². The molecule has 1 fully saturated rings. The fourth-order valence-electron chi connectivity index (χ4n) is 2.90. The topological polar surface area (TPSA) is 28.2 Å². The number of rotatable bonds is 1. The average Bonchev–Trinajstić information content (AvgIpc) is 2.37. The molecule has 0 saturated carbocycles. The summed E-state index contributed by atoms with van der Waals surface area (Å²) >= 11 is 0. The van der Waals surface area contributed by atoms with Crippen molar-refractivity contribution >= 4 is 16.5 Å². The molecule has 1 N–H and O–H groups in total. The third-order valence-corrected chi connectivity index (χ3v) is 3.56. The molecular weight excluding hydrogens is 222 g/mol. The zero-order valence-corrected chi connectivity index (χ0v) is 10.9. The second-order valence-electron chi connectivity index (χ2n) is 5.25. The molecule has 18 heavy (non-hydrogen) atoms. The second kappa shape index (κ2) is 4.58. The molecule has 0 aliphatic carbocycles. The molecule has 1 aromatic carbocycles. The highest BCUT2D eigenvalue weighted by Gasteiger charge is 2.22. The Balaban J connectivity index is 2.03. The Bertz CT molecular complexity index is 537. The van der Waals surface area contributed by atoms with Crippen molar-refractivity contribution in [3.05, 3.63) is 36.7 Å². The summed E-state index contributed by atoms with van der Waals surface area (Å²) in [5, 5.41) is 6.09. The molecule has 1 aromatic heterocycles. The lowest BCUT2D eigenvalue weighted by Gasteiger charge is -2.38. The number of anilines is 1. The fourth-order valence-corrected chi connectivity index (χ4v) is 2.90. The lowest BCUT2D eigenvalue weighted by atomic mass is 10.1. The second-order valence-corrected chi connectivity index (χ2v) is 5.25. The molecular formula is C15H19N3. The van der Waals surface area contributed by atoms with Crippen LogP contribution in [0.1, 0.15) is 13.8 Å². The van der Waals surface area contributed by atoms with E-state index < -0.39 is 0 Å². The van der Waals surface area contributed by atoms with Crippen LogP contribution < -0.4 is 10.2 Å². The SMILES string of the molecule is CC1CN(c2cccc3ccncc23)CC(C)N1. The summed E-state index contributed by atoms with van der Waals surface area (Å²) in [6.07, 6.45) is 3.83. The molecule has 3 nitrogen and oxygen atoms in total. The third kappa shape index (κ3) is 2.06. The summed E-state index contributed by atoms with van der Waals surface area (Å²) in [6, 6.07) is 9.62. The van der Waals surface area contributed by atoms with Gasteiger partial charge < -0.3 is 10.2 Å². The molecule has 2 unspecified atom stereocenters.